The number of anilines is 1. The summed E-state index contributed by atoms with van der Waals surface area (Å²) in [5.41, 5.74) is 6.00. The quantitative estimate of drug-likeness (QED) is 0.887. The van der Waals surface area contributed by atoms with Crippen LogP contribution in [0.4, 0.5) is 5.69 Å². The molecule has 2 N–H and O–H groups in total. The lowest BCUT2D eigenvalue weighted by molar-refractivity contribution is 0.0933. The molecule has 4 rings (SSSR count). The Labute approximate surface area is 142 Å². The van der Waals surface area contributed by atoms with Gasteiger partial charge in [0.1, 0.15) is 0 Å². The molecule has 2 aromatic carbocycles. The molecule has 0 radical (unpaired) electrons. The minimum Gasteiger partial charge on any atom is -0.384 e. The van der Waals surface area contributed by atoms with Crippen molar-refractivity contribution in [2.45, 2.75) is 31.7 Å². The fraction of sp³-hybridized carbons (Fsp3) is 0.316. The van der Waals surface area contributed by atoms with Gasteiger partial charge in [-0.3, -0.25) is 4.79 Å². The lowest BCUT2D eigenvalue weighted by atomic mass is 9.88. The number of aryl methyl sites for hydroxylation is 1. The number of carbonyl (C=O) groups is 1. The lowest BCUT2D eigenvalue weighted by Crippen LogP contribution is -2.38. The van der Waals surface area contributed by atoms with Crippen molar-refractivity contribution in [3.8, 4) is 0 Å². The van der Waals surface area contributed by atoms with Gasteiger partial charge in [-0.2, -0.15) is 0 Å². The molecule has 1 amide bonds. The molecule has 1 heterocycles. The molecule has 1 aliphatic heterocycles. The minimum atomic E-state index is 0. The van der Waals surface area contributed by atoms with Gasteiger partial charge in [-0.25, -0.2) is 0 Å². The van der Waals surface area contributed by atoms with Gasteiger partial charge >= 0.3 is 0 Å². The molecule has 0 aromatic heterocycles. The second kappa shape index (κ2) is 6.63. The van der Waals surface area contributed by atoms with Gasteiger partial charge in [0.25, 0.3) is 5.91 Å². The Balaban J connectivity index is 0.00000156. The molecule has 0 bridgehead atoms. The second-order valence-electron chi connectivity index (χ2n) is 6.23. The van der Waals surface area contributed by atoms with Crippen LogP contribution in [0.1, 0.15) is 33.5 Å². The van der Waals surface area contributed by atoms with Crippen LogP contribution in [0.15, 0.2) is 42.5 Å². The van der Waals surface area contributed by atoms with Crippen LogP contribution >= 0.6 is 12.4 Å². The van der Waals surface area contributed by atoms with Crippen molar-refractivity contribution in [2.24, 2.45) is 0 Å². The van der Waals surface area contributed by atoms with E-state index in [1.807, 2.05) is 18.2 Å². The van der Waals surface area contributed by atoms with Gasteiger partial charge in [-0.05, 0) is 60.6 Å². The smallest absolute Gasteiger partial charge is 0.251 e. The van der Waals surface area contributed by atoms with E-state index in [2.05, 4.69) is 34.9 Å². The first-order chi connectivity index (χ1) is 10.8. The van der Waals surface area contributed by atoms with E-state index < -0.39 is 0 Å². The van der Waals surface area contributed by atoms with Gasteiger partial charge in [-0.15, -0.1) is 12.4 Å². The molecule has 0 saturated carbocycles. The number of fused-ring (bicyclic) bond motifs is 2. The van der Waals surface area contributed by atoms with E-state index in [-0.39, 0.29) is 24.4 Å². The molecular formula is C19H21ClN2O. The third-order valence-electron chi connectivity index (χ3n) is 4.76. The summed E-state index contributed by atoms with van der Waals surface area (Å²) >= 11 is 0. The van der Waals surface area contributed by atoms with Gasteiger partial charge in [0.2, 0.25) is 0 Å². The summed E-state index contributed by atoms with van der Waals surface area (Å²) in [6.07, 6.45) is 4.02. The number of halogens is 1. The number of rotatable bonds is 2. The van der Waals surface area contributed by atoms with Crippen molar-refractivity contribution < 1.29 is 4.79 Å². The maximum absolute atomic E-state index is 12.5. The highest BCUT2D eigenvalue weighted by Crippen LogP contribution is 2.24. The highest BCUT2D eigenvalue weighted by atomic mass is 35.5. The monoisotopic (exact) mass is 328 g/mol. The van der Waals surface area contributed by atoms with Crippen molar-refractivity contribution in [3.05, 3.63) is 64.7 Å². The summed E-state index contributed by atoms with van der Waals surface area (Å²) in [7, 11) is 0. The average Bonchev–Trinajstić information content (AvgIpc) is 3.02. The topological polar surface area (TPSA) is 41.1 Å². The van der Waals surface area contributed by atoms with Gasteiger partial charge < -0.3 is 10.6 Å². The van der Waals surface area contributed by atoms with Crippen LogP contribution in [0.25, 0.3) is 0 Å². The average molecular weight is 329 g/mol. The van der Waals surface area contributed by atoms with Crippen LogP contribution in [-0.2, 0) is 19.3 Å². The third kappa shape index (κ3) is 3.20. The van der Waals surface area contributed by atoms with Crippen LogP contribution < -0.4 is 10.6 Å². The fourth-order valence-electron chi connectivity index (χ4n) is 3.54. The summed E-state index contributed by atoms with van der Waals surface area (Å²) in [5.74, 6) is 0.0547. The molecule has 4 heteroatoms. The molecule has 2 aliphatic rings. The summed E-state index contributed by atoms with van der Waals surface area (Å²) < 4.78 is 0. The number of nitrogens with one attached hydrogen (secondary N) is 2. The van der Waals surface area contributed by atoms with Crippen LogP contribution in [-0.4, -0.2) is 18.5 Å². The van der Waals surface area contributed by atoms with Crippen LogP contribution in [0, 0.1) is 0 Å². The highest BCUT2D eigenvalue weighted by molar-refractivity contribution is 5.95. The minimum absolute atomic E-state index is 0. The molecule has 120 valence electrons. The number of benzene rings is 2. The van der Waals surface area contributed by atoms with Crippen LogP contribution in [0.5, 0.6) is 0 Å². The Kier molecular flexibility index (Phi) is 4.58. The standard InChI is InChI=1S/C19H20N2O.ClH/c22-19(16-6-8-18-15(11-16)9-10-20-18)21-17-7-5-13-3-1-2-4-14(13)12-17;/h1-4,6,8,11,17,20H,5,7,9-10,12H2,(H,21,22);1H. The van der Waals surface area contributed by atoms with E-state index in [0.717, 1.165) is 37.8 Å². The lowest BCUT2D eigenvalue weighted by Gasteiger charge is -2.25. The zero-order chi connectivity index (χ0) is 14.9. The number of carbonyl (C=O) groups excluding carboxylic acids is 1. The number of hydrogen-bond donors (Lipinski definition) is 2. The SMILES string of the molecule is Cl.O=C(NC1CCc2ccccc2C1)c1ccc2c(c1)CCN2. The molecule has 3 nitrogen and oxygen atoms in total. The zero-order valence-corrected chi connectivity index (χ0v) is 13.8. The Morgan fingerprint density at radius 3 is 2.74 bits per heavy atom. The molecule has 0 fully saturated rings. The predicted octanol–water partition coefficient (Wildman–Crippen LogP) is 3.36. The molecule has 0 spiro atoms. The summed E-state index contributed by atoms with van der Waals surface area (Å²) in [4.78, 5) is 12.5. The molecule has 1 atom stereocenters. The van der Waals surface area contributed by atoms with Gasteiger partial charge in [0.05, 0.1) is 0 Å². The second-order valence-corrected chi connectivity index (χ2v) is 6.23. The normalized spacial score (nSPS) is 18.2. The van der Waals surface area contributed by atoms with Crippen molar-refractivity contribution in [2.75, 3.05) is 11.9 Å². The zero-order valence-electron chi connectivity index (χ0n) is 13.0. The van der Waals surface area contributed by atoms with E-state index in [4.69, 9.17) is 0 Å². The Hall–Kier alpha value is -2.00. The number of amides is 1. The third-order valence-corrected chi connectivity index (χ3v) is 4.76. The number of hydrogen-bond acceptors (Lipinski definition) is 2. The molecule has 1 unspecified atom stereocenters. The summed E-state index contributed by atoms with van der Waals surface area (Å²) in [5, 5.41) is 6.53. The van der Waals surface area contributed by atoms with E-state index in [9.17, 15) is 4.79 Å². The van der Waals surface area contributed by atoms with E-state index in [0.29, 0.717) is 0 Å². The first-order valence-electron chi connectivity index (χ1n) is 8.04. The van der Waals surface area contributed by atoms with E-state index >= 15 is 0 Å². The van der Waals surface area contributed by atoms with Crippen LogP contribution in [0.2, 0.25) is 0 Å². The van der Waals surface area contributed by atoms with Gasteiger partial charge in [0, 0.05) is 23.8 Å². The maximum Gasteiger partial charge on any atom is 0.251 e. The highest BCUT2D eigenvalue weighted by Gasteiger charge is 2.21. The molecular weight excluding hydrogens is 308 g/mol. The summed E-state index contributed by atoms with van der Waals surface area (Å²) in [6, 6.07) is 14.8. The first-order valence-corrected chi connectivity index (χ1v) is 8.04. The van der Waals surface area contributed by atoms with Crippen molar-refractivity contribution >= 4 is 24.0 Å². The Bertz CT molecular complexity index is 729. The first kappa shape index (κ1) is 15.9. The molecule has 2 aromatic rings. The van der Waals surface area contributed by atoms with Crippen molar-refractivity contribution in [3.63, 3.8) is 0 Å². The van der Waals surface area contributed by atoms with E-state index in [1.54, 1.807) is 0 Å². The van der Waals surface area contributed by atoms with E-state index in [1.165, 1.54) is 22.4 Å². The molecule has 23 heavy (non-hydrogen) atoms. The molecule has 0 saturated heterocycles. The van der Waals surface area contributed by atoms with Crippen LogP contribution in [0.3, 0.4) is 0 Å². The Morgan fingerprint density at radius 2 is 1.87 bits per heavy atom. The van der Waals surface area contributed by atoms with Crippen molar-refractivity contribution in [1.29, 1.82) is 0 Å². The Morgan fingerprint density at radius 1 is 1.04 bits per heavy atom. The predicted molar refractivity (Wildman–Crippen MR) is 95.6 cm³/mol. The van der Waals surface area contributed by atoms with Crippen molar-refractivity contribution in [1.82, 2.24) is 5.32 Å². The summed E-state index contributed by atoms with van der Waals surface area (Å²) in [6.45, 7) is 0.972. The molecule has 1 aliphatic carbocycles. The van der Waals surface area contributed by atoms with Gasteiger partial charge in [0.15, 0.2) is 0 Å². The fourth-order valence-corrected chi connectivity index (χ4v) is 3.54. The maximum atomic E-state index is 12.5. The van der Waals surface area contributed by atoms with Gasteiger partial charge in [-0.1, -0.05) is 24.3 Å². The largest absolute Gasteiger partial charge is 0.384 e.